The fourth-order valence-corrected chi connectivity index (χ4v) is 3.10. The molecule has 72 valence electrons. The summed E-state index contributed by atoms with van der Waals surface area (Å²) in [6.07, 6.45) is 0. The van der Waals surface area contributed by atoms with Crippen molar-refractivity contribution in [2.45, 2.75) is 6.92 Å². The fraction of sp³-hybridized carbons (Fsp3) is 0.111. The van der Waals surface area contributed by atoms with Crippen molar-refractivity contribution in [2.75, 3.05) is 0 Å². The predicted octanol–water partition coefficient (Wildman–Crippen LogP) is 4.23. The van der Waals surface area contributed by atoms with E-state index in [1.165, 1.54) is 0 Å². The molecular weight excluding hydrogens is 376 g/mol. The third-order valence-electron chi connectivity index (χ3n) is 1.78. The summed E-state index contributed by atoms with van der Waals surface area (Å²) in [7, 11) is 0. The lowest BCUT2D eigenvalue weighted by Gasteiger charge is -2.04. The summed E-state index contributed by atoms with van der Waals surface area (Å²) < 4.78 is 2.79. The average Bonchev–Trinajstić information content (AvgIpc) is 2.07. The van der Waals surface area contributed by atoms with Crippen LogP contribution in [0.15, 0.2) is 25.7 Å². The third kappa shape index (κ3) is 1.85. The number of rotatable bonds is 0. The predicted molar refractivity (Wildman–Crippen MR) is 67.4 cm³/mol. The van der Waals surface area contributed by atoms with E-state index >= 15 is 0 Å². The smallest absolute Gasteiger partial charge is 0.127 e. The summed E-state index contributed by atoms with van der Waals surface area (Å²) in [5.41, 5.74) is 0.924. The summed E-state index contributed by atoms with van der Waals surface area (Å²) in [5.74, 6) is 0.757. The number of fused-ring (bicyclic) bond motifs is 1. The van der Waals surface area contributed by atoms with E-state index < -0.39 is 0 Å². The van der Waals surface area contributed by atoms with Crippen molar-refractivity contribution >= 4 is 58.7 Å². The van der Waals surface area contributed by atoms with Gasteiger partial charge in [-0.15, -0.1) is 0 Å². The van der Waals surface area contributed by atoms with Crippen LogP contribution in [-0.2, 0) is 0 Å². The van der Waals surface area contributed by atoms with Crippen LogP contribution in [0.1, 0.15) is 5.82 Å². The van der Waals surface area contributed by atoms with E-state index in [-0.39, 0.29) is 0 Å². The molecule has 0 amide bonds. The zero-order valence-electron chi connectivity index (χ0n) is 7.18. The molecule has 0 aliphatic rings. The number of hydrogen-bond donors (Lipinski definition) is 0. The number of aryl methyl sites for hydroxylation is 1. The summed E-state index contributed by atoms with van der Waals surface area (Å²) in [6, 6.07) is 3.96. The summed E-state index contributed by atoms with van der Waals surface area (Å²) >= 11 is 10.3. The topological polar surface area (TPSA) is 25.8 Å². The quantitative estimate of drug-likeness (QED) is 0.639. The van der Waals surface area contributed by atoms with Gasteiger partial charge in [0.15, 0.2) is 0 Å². The monoisotopic (exact) mass is 378 g/mol. The van der Waals surface area contributed by atoms with Crippen molar-refractivity contribution in [3.63, 3.8) is 0 Å². The first kappa shape index (κ1) is 10.5. The molecule has 5 heteroatoms. The third-order valence-corrected chi connectivity index (χ3v) is 3.45. The Morgan fingerprint density at radius 1 is 1.07 bits per heavy atom. The molecule has 2 nitrogen and oxygen atoms in total. The Labute approximate surface area is 107 Å². The highest BCUT2D eigenvalue weighted by Gasteiger charge is 2.07. The van der Waals surface area contributed by atoms with Gasteiger partial charge >= 0.3 is 0 Å². The van der Waals surface area contributed by atoms with Crippen molar-refractivity contribution in [1.29, 1.82) is 0 Å². The Morgan fingerprint density at radius 2 is 1.79 bits per heavy atom. The molecule has 0 aliphatic carbocycles. The lowest BCUT2D eigenvalue weighted by molar-refractivity contribution is 1.07. The van der Waals surface area contributed by atoms with Crippen LogP contribution >= 0.6 is 47.8 Å². The summed E-state index contributed by atoms with van der Waals surface area (Å²) in [4.78, 5) is 8.62. The largest absolute Gasteiger partial charge is 0.232 e. The van der Waals surface area contributed by atoms with Crippen molar-refractivity contribution in [2.24, 2.45) is 0 Å². The van der Waals surface area contributed by atoms with Crippen LogP contribution in [0.4, 0.5) is 0 Å². The van der Waals surface area contributed by atoms with Crippen LogP contribution in [-0.4, -0.2) is 9.97 Å². The lowest BCUT2D eigenvalue weighted by atomic mass is 10.2. The summed E-state index contributed by atoms with van der Waals surface area (Å²) in [6.45, 7) is 1.87. The van der Waals surface area contributed by atoms with E-state index in [2.05, 4.69) is 57.8 Å². The number of hydrogen-bond acceptors (Lipinski definition) is 2. The van der Waals surface area contributed by atoms with Gasteiger partial charge in [-0.2, -0.15) is 0 Å². The van der Waals surface area contributed by atoms with Crippen LogP contribution in [0.5, 0.6) is 0 Å². The molecule has 0 atom stereocenters. The molecule has 1 aromatic carbocycles. The molecule has 0 aliphatic heterocycles. The first-order valence-corrected chi connectivity index (χ1v) is 6.25. The molecule has 0 spiro atoms. The van der Waals surface area contributed by atoms with Crippen LogP contribution in [0.3, 0.4) is 0 Å². The molecule has 2 aromatic rings. The minimum Gasteiger partial charge on any atom is -0.232 e. The van der Waals surface area contributed by atoms with Gasteiger partial charge in [-0.3, -0.25) is 0 Å². The van der Waals surface area contributed by atoms with Gasteiger partial charge in [0.25, 0.3) is 0 Å². The maximum Gasteiger partial charge on any atom is 0.127 e. The zero-order chi connectivity index (χ0) is 10.3. The van der Waals surface area contributed by atoms with E-state index in [1.807, 2.05) is 19.1 Å². The Morgan fingerprint density at radius 3 is 2.50 bits per heavy atom. The Kier molecular flexibility index (Phi) is 2.91. The van der Waals surface area contributed by atoms with E-state index in [0.717, 1.165) is 30.3 Å². The van der Waals surface area contributed by atoms with Gasteiger partial charge in [0.2, 0.25) is 0 Å². The van der Waals surface area contributed by atoms with E-state index in [4.69, 9.17) is 0 Å². The van der Waals surface area contributed by atoms with Crippen LogP contribution in [0.25, 0.3) is 10.9 Å². The molecule has 0 radical (unpaired) electrons. The number of nitrogens with zero attached hydrogens (tertiary/aromatic N) is 2. The number of benzene rings is 1. The first-order chi connectivity index (χ1) is 6.58. The second-order valence-corrected chi connectivity index (χ2v) is 5.37. The minimum absolute atomic E-state index is 0.757. The van der Waals surface area contributed by atoms with Crippen LogP contribution in [0.2, 0.25) is 0 Å². The van der Waals surface area contributed by atoms with Crippen molar-refractivity contribution in [1.82, 2.24) is 9.97 Å². The second-order valence-electron chi connectivity index (χ2n) is 2.85. The van der Waals surface area contributed by atoms with Gasteiger partial charge in [-0.05, 0) is 50.9 Å². The highest BCUT2D eigenvalue weighted by molar-refractivity contribution is 9.11. The van der Waals surface area contributed by atoms with Crippen molar-refractivity contribution in [3.8, 4) is 0 Å². The first-order valence-electron chi connectivity index (χ1n) is 3.87. The molecular formula is C9H5Br3N2. The highest BCUT2D eigenvalue weighted by Crippen LogP contribution is 2.30. The highest BCUT2D eigenvalue weighted by atomic mass is 79.9. The normalized spacial score (nSPS) is 10.9. The van der Waals surface area contributed by atoms with E-state index in [9.17, 15) is 0 Å². The Bertz CT molecular complexity index is 464. The van der Waals surface area contributed by atoms with Crippen LogP contribution < -0.4 is 0 Å². The van der Waals surface area contributed by atoms with Gasteiger partial charge in [-0.25, -0.2) is 9.97 Å². The lowest BCUT2D eigenvalue weighted by Crippen LogP contribution is -1.91. The standard InChI is InChI=1S/C9H5Br3N2/c1-4-13-8-6(9(12)14-4)2-5(10)3-7(8)11/h2-3H,1H3. The van der Waals surface area contributed by atoms with E-state index in [1.54, 1.807) is 0 Å². The second kappa shape index (κ2) is 3.87. The van der Waals surface area contributed by atoms with Crippen molar-refractivity contribution < 1.29 is 0 Å². The van der Waals surface area contributed by atoms with Gasteiger partial charge in [0.1, 0.15) is 10.4 Å². The molecule has 0 unspecified atom stereocenters. The summed E-state index contributed by atoms with van der Waals surface area (Å²) in [5, 5.41) is 0.997. The molecule has 0 N–H and O–H groups in total. The number of aromatic nitrogens is 2. The minimum atomic E-state index is 0.757. The zero-order valence-corrected chi connectivity index (χ0v) is 11.9. The maximum absolute atomic E-state index is 4.37. The van der Waals surface area contributed by atoms with Gasteiger partial charge in [0.05, 0.1) is 5.52 Å². The molecule has 0 saturated heterocycles. The molecule has 1 aromatic heterocycles. The van der Waals surface area contributed by atoms with Crippen LogP contribution in [0, 0.1) is 6.92 Å². The SMILES string of the molecule is Cc1nc(Br)c2cc(Br)cc(Br)c2n1. The Hall–Kier alpha value is -0.000000000000000111. The molecule has 1 heterocycles. The molecule has 2 rings (SSSR count). The van der Waals surface area contributed by atoms with E-state index in [0.29, 0.717) is 0 Å². The molecule has 0 fully saturated rings. The van der Waals surface area contributed by atoms with Gasteiger partial charge < -0.3 is 0 Å². The maximum atomic E-state index is 4.37. The number of halogens is 3. The van der Waals surface area contributed by atoms with Gasteiger partial charge in [0, 0.05) is 14.3 Å². The van der Waals surface area contributed by atoms with Gasteiger partial charge in [-0.1, -0.05) is 15.9 Å². The van der Waals surface area contributed by atoms with Crippen molar-refractivity contribution in [3.05, 3.63) is 31.5 Å². The molecule has 0 bridgehead atoms. The molecule has 14 heavy (non-hydrogen) atoms. The Balaban J connectivity index is 2.94. The average molecular weight is 381 g/mol. The molecule has 0 saturated carbocycles. The fourth-order valence-electron chi connectivity index (χ4n) is 1.23.